The summed E-state index contributed by atoms with van der Waals surface area (Å²) in [7, 11) is -3.81. The molecule has 3 rings (SSSR count). The number of hydrogen-bond donors (Lipinski definition) is 1. The summed E-state index contributed by atoms with van der Waals surface area (Å²) < 4.78 is 37.8. The van der Waals surface area contributed by atoms with E-state index in [-0.39, 0.29) is 16.4 Å². The van der Waals surface area contributed by atoms with Crippen LogP contribution in [-0.4, -0.2) is 29.5 Å². The number of primary sulfonamides is 1. The number of aromatic nitrogens is 2. The molecule has 1 aromatic heterocycles. The predicted molar refractivity (Wildman–Crippen MR) is 98.2 cm³/mol. The van der Waals surface area contributed by atoms with Gasteiger partial charge in [0.2, 0.25) is 10.0 Å². The van der Waals surface area contributed by atoms with E-state index in [4.69, 9.17) is 5.14 Å². The minimum atomic E-state index is -3.81. The molecule has 2 aromatic carbocycles. The molecule has 0 amide bonds. The molecule has 0 saturated heterocycles. The number of halogens is 1. The Balaban J connectivity index is 1.87. The van der Waals surface area contributed by atoms with Crippen molar-refractivity contribution >= 4 is 38.6 Å². The fraction of sp³-hybridized carbons (Fsp3) is 0.176. The highest BCUT2D eigenvalue weighted by molar-refractivity contribution is 7.99. The van der Waals surface area contributed by atoms with Crippen molar-refractivity contribution in [1.29, 1.82) is 0 Å². The lowest BCUT2D eigenvalue weighted by Crippen LogP contribution is -2.11. The Morgan fingerprint density at radius 1 is 1.23 bits per heavy atom. The van der Waals surface area contributed by atoms with E-state index in [1.165, 1.54) is 48.2 Å². The van der Waals surface area contributed by atoms with Crippen LogP contribution in [0.2, 0.25) is 0 Å². The summed E-state index contributed by atoms with van der Waals surface area (Å²) in [5, 5.41) is 5.76. The van der Waals surface area contributed by atoms with Crippen molar-refractivity contribution in [3.05, 3.63) is 53.8 Å². The van der Waals surface area contributed by atoms with Crippen molar-refractivity contribution in [2.45, 2.75) is 23.5 Å². The fourth-order valence-electron chi connectivity index (χ4n) is 2.53. The summed E-state index contributed by atoms with van der Waals surface area (Å²) in [4.78, 5) is 16.7. The van der Waals surface area contributed by atoms with Gasteiger partial charge in [-0.15, -0.1) is 0 Å². The van der Waals surface area contributed by atoms with E-state index in [1.54, 1.807) is 6.07 Å². The maximum atomic E-state index is 13.0. The van der Waals surface area contributed by atoms with Crippen LogP contribution in [0.15, 0.2) is 52.5 Å². The minimum absolute atomic E-state index is 0.00954. The number of nitrogens with two attached hydrogens (primary N) is 1. The minimum Gasteiger partial charge on any atom is -0.319 e. The number of Topliss-reactive ketones (excluding diaryl/α,β-unsaturated/α-hetero) is 1. The van der Waals surface area contributed by atoms with Crippen LogP contribution in [0.5, 0.6) is 0 Å². The van der Waals surface area contributed by atoms with Gasteiger partial charge in [0.05, 0.1) is 21.7 Å². The number of nitrogens with zero attached hydrogens (tertiary/aromatic N) is 2. The molecule has 3 aromatic rings. The summed E-state index contributed by atoms with van der Waals surface area (Å²) in [6, 6.07) is 9.88. The Hall–Kier alpha value is -2.23. The van der Waals surface area contributed by atoms with Gasteiger partial charge in [0, 0.05) is 12.1 Å². The lowest BCUT2D eigenvalue weighted by atomic mass is 10.1. The molecule has 0 fully saturated rings. The normalized spacial score (nSPS) is 11.8. The molecule has 6 nitrogen and oxygen atoms in total. The maximum Gasteiger partial charge on any atom is 0.238 e. The number of carbonyl (C=O) groups is 1. The number of hydrogen-bond acceptors (Lipinski definition) is 5. The van der Waals surface area contributed by atoms with E-state index >= 15 is 0 Å². The van der Waals surface area contributed by atoms with Crippen LogP contribution in [0.25, 0.3) is 11.0 Å². The largest absolute Gasteiger partial charge is 0.319 e. The highest BCUT2D eigenvalue weighted by atomic mass is 32.2. The molecule has 0 bridgehead atoms. The Labute approximate surface area is 154 Å². The number of thioether (sulfide) groups is 1. The summed E-state index contributed by atoms with van der Waals surface area (Å²) >= 11 is 1.25. The van der Waals surface area contributed by atoms with Crippen molar-refractivity contribution in [3.63, 3.8) is 0 Å². The van der Waals surface area contributed by atoms with E-state index < -0.39 is 15.8 Å². The zero-order valence-electron chi connectivity index (χ0n) is 13.8. The molecule has 2 N–H and O–H groups in total. The lowest BCUT2D eigenvalue weighted by molar-refractivity contribution is 0.102. The zero-order valence-corrected chi connectivity index (χ0v) is 15.5. The number of imidazole rings is 1. The van der Waals surface area contributed by atoms with Crippen molar-refractivity contribution in [3.8, 4) is 0 Å². The smallest absolute Gasteiger partial charge is 0.238 e. The quantitative estimate of drug-likeness (QED) is 0.513. The van der Waals surface area contributed by atoms with Crippen LogP contribution in [0.4, 0.5) is 4.39 Å². The maximum absolute atomic E-state index is 13.0. The Bertz CT molecular complexity index is 1080. The average molecular weight is 393 g/mol. The average Bonchev–Trinajstić information content (AvgIpc) is 2.96. The molecule has 0 aliphatic heterocycles. The van der Waals surface area contributed by atoms with Gasteiger partial charge >= 0.3 is 0 Å². The SMILES string of the molecule is CCn1c(SCC(=O)c2ccc(F)cc2)nc2cc(S(N)(=O)=O)ccc21. The van der Waals surface area contributed by atoms with Crippen LogP contribution in [0.1, 0.15) is 17.3 Å². The van der Waals surface area contributed by atoms with Crippen molar-refractivity contribution in [2.24, 2.45) is 5.14 Å². The standard InChI is InChI=1S/C17H16FN3O3S2/c1-2-21-15-8-7-13(26(19,23)24)9-14(15)20-17(21)25-10-16(22)11-3-5-12(18)6-4-11/h3-9H,2,10H2,1H3,(H2,19,23,24). The molecular weight excluding hydrogens is 377 g/mol. The van der Waals surface area contributed by atoms with Crippen LogP contribution in [-0.2, 0) is 16.6 Å². The molecule has 9 heteroatoms. The summed E-state index contributed by atoms with van der Waals surface area (Å²) in [6.07, 6.45) is 0. The van der Waals surface area contributed by atoms with Crippen LogP contribution < -0.4 is 5.14 Å². The van der Waals surface area contributed by atoms with E-state index in [1.807, 2.05) is 11.5 Å². The predicted octanol–water partition coefficient (Wildman–Crippen LogP) is 2.82. The molecule has 0 radical (unpaired) electrons. The van der Waals surface area contributed by atoms with Crippen LogP contribution in [0.3, 0.4) is 0 Å². The highest BCUT2D eigenvalue weighted by Crippen LogP contribution is 2.26. The molecule has 0 unspecified atom stereocenters. The number of ketones is 1. The van der Waals surface area contributed by atoms with Gasteiger partial charge in [-0.25, -0.2) is 22.9 Å². The van der Waals surface area contributed by atoms with E-state index in [0.29, 0.717) is 22.8 Å². The van der Waals surface area contributed by atoms with Gasteiger partial charge in [-0.3, -0.25) is 4.79 Å². The fourth-order valence-corrected chi connectivity index (χ4v) is 4.04. The molecular formula is C17H16FN3O3S2. The van der Waals surface area contributed by atoms with Crippen molar-refractivity contribution in [2.75, 3.05) is 5.75 Å². The number of fused-ring (bicyclic) bond motifs is 1. The first-order chi connectivity index (χ1) is 12.3. The number of aryl methyl sites for hydroxylation is 1. The van der Waals surface area contributed by atoms with Gasteiger partial charge in [0.1, 0.15) is 5.82 Å². The molecule has 0 atom stereocenters. The van der Waals surface area contributed by atoms with Crippen molar-refractivity contribution < 1.29 is 17.6 Å². The third-order valence-corrected chi connectivity index (χ3v) is 5.72. The summed E-state index contributed by atoms with van der Waals surface area (Å²) in [5.74, 6) is -0.403. The zero-order chi connectivity index (χ0) is 18.9. The lowest BCUT2D eigenvalue weighted by Gasteiger charge is -2.05. The molecule has 0 aliphatic carbocycles. The second-order valence-corrected chi connectivity index (χ2v) is 8.06. The first-order valence-electron chi connectivity index (χ1n) is 7.74. The summed E-state index contributed by atoms with van der Waals surface area (Å²) in [6.45, 7) is 2.54. The van der Waals surface area contributed by atoms with E-state index in [0.717, 1.165) is 5.52 Å². The van der Waals surface area contributed by atoms with E-state index in [9.17, 15) is 17.6 Å². The van der Waals surface area contributed by atoms with Gasteiger partial charge in [-0.1, -0.05) is 11.8 Å². The number of rotatable bonds is 6. The van der Waals surface area contributed by atoms with Gasteiger partial charge in [-0.05, 0) is 49.4 Å². The Kier molecular flexibility index (Phi) is 5.12. The highest BCUT2D eigenvalue weighted by Gasteiger charge is 2.16. The summed E-state index contributed by atoms with van der Waals surface area (Å²) in [5.41, 5.74) is 1.68. The monoisotopic (exact) mass is 393 g/mol. The first kappa shape index (κ1) is 18.6. The second-order valence-electron chi connectivity index (χ2n) is 5.55. The Morgan fingerprint density at radius 2 is 1.92 bits per heavy atom. The van der Waals surface area contributed by atoms with Crippen LogP contribution in [0, 0.1) is 5.82 Å². The molecule has 136 valence electrons. The van der Waals surface area contributed by atoms with Gasteiger partial charge in [0.15, 0.2) is 10.9 Å². The topological polar surface area (TPSA) is 95.0 Å². The Morgan fingerprint density at radius 3 is 2.54 bits per heavy atom. The number of benzene rings is 2. The third kappa shape index (κ3) is 3.79. The third-order valence-electron chi connectivity index (χ3n) is 3.83. The van der Waals surface area contributed by atoms with Gasteiger partial charge in [0.25, 0.3) is 0 Å². The second kappa shape index (κ2) is 7.18. The molecule has 26 heavy (non-hydrogen) atoms. The molecule has 0 saturated carbocycles. The first-order valence-corrected chi connectivity index (χ1v) is 10.3. The molecule has 0 aliphatic rings. The number of carbonyl (C=O) groups excluding carboxylic acids is 1. The molecule has 0 spiro atoms. The van der Waals surface area contributed by atoms with Crippen molar-refractivity contribution in [1.82, 2.24) is 9.55 Å². The van der Waals surface area contributed by atoms with Gasteiger partial charge < -0.3 is 4.57 Å². The van der Waals surface area contributed by atoms with Crippen LogP contribution >= 0.6 is 11.8 Å². The van der Waals surface area contributed by atoms with E-state index in [2.05, 4.69) is 4.98 Å². The number of sulfonamides is 1. The molecule has 1 heterocycles. The van der Waals surface area contributed by atoms with Gasteiger partial charge in [-0.2, -0.15) is 0 Å².